The fourth-order valence-electron chi connectivity index (χ4n) is 5.38. The Morgan fingerprint density at radius 3 is 2.11 bits per heavy atom. The van der Waals surface area contributed by atoms with Crippen LogP contribution in [-0.4, -0.2) is 12.5 Å². The zero-order valence-corrected chi connectivity index (χ0v) is 12.2. The van der Waals surface area contributed by atoms with Gasteiger partial charge in [-0.05, 0) is 67.2 Å². The second-order valence-electron chi connectivity index (χ2n) is 7.97. The van der Waals surface area contributed by atoms with Gasteiger partial charge >= 0.3 is 0 Å². The third-order valence-corrected chi connectivity index (χ3v) is 7.03. The number of hydrogen-bond acceptors (Lipinski definition) is 1. The minimum absolute atomic E-state index is 0.00894. The highest BCUT2D eigenvalue weighted by Gasteiger charge is 2.60. The Morgan fingerprint density at radius 1 is 1.00 bits per heavy atom. The lowest BCUT2D eigenvalue weighted by atomic mass is 9.41. The predicted octanol–water partition coefficient (Wildman–Crippen LogP) is 4.21. The predicted molar refractivity (Wildman–Crippen MR) is 73.0 cm³/mol. The van der Waals surface area contributed by atoms with Crippen LogP contribution in [0.5, 0.6) is 0 Å². The molecule has 4 aliphatic rings. The summed E-state index contributed by atoms with van der Waals surface area (Å²) in [5.41, 5.74) is 6.51. The van der Waals surface area contributed by atoms with Crippen molar-refractivity contribution < 1.29 is 8.78 Å². The number of hydrogen-bond donors (Lipinski definition) is 1. The summed E-state index contributed by atoms with van der Waals surface area (Å²) in [7, 11) is 0. The molecule has 0 spiro atoms. The van der Waals surface area contributed by atoms with Gasteiger partial charge in [0.25, 0.3) is 0 Å². The lowest BCUT2D eigenvalue weighted by molar-refractivity contribution is -0.166. The Kier molecular flexibility index (Phi) is 3.02. The van der Waals surface area contributed by atoms with Crippen LogP contribution in [0.4, 0.5) is 8.78 Å². The molecule has 3 heteroatoms. The Bertz CT molecular complexity index is 352. The van der Waals surface area contributed by atoms with Crippen molar-refractivity contribution in [1.82, 2.24) is 0 Å². The first kappa shape index (κ1) is 13.8. The van der Waals surface area contributed by atoms with Gasteiger partial charge in [-0.15, -0.1) is 0 Å². The fourth-order valence-corrected chi connectivity index (χ4v) is 5.38. The molecule has 4 saturated carbocycles. The van der Waals surface area contributed by atoms with Crippen LogP contribution in [0.3, 0.4) is 0 Å². The largest absolute Gasteiger partial charge is 0.330 e. The normalized spacial score (nSPS) is 42.5. The highest BCUT2D eigenvalue weighted by molar-refractivity contribution is 5.09. The molecule has 0 aliphatic heterocycles. The molecular formula is C16H27F2N. The number of alkyl halides is 2. The first-order valence-corrected chi connectivity index (χ1v) is 7.89. The van der Waals surface area contributed by atoms with Crippen LogP contribution in [0.2, 0.25) is 0 Å². The zero-order valence-electron chi connectivity index (χ0n) is 12.2. The molecule has 3 atom stereocenters. The van der Waals surface area contributed by atoms with Crippen LogP contribution in [0.1, 0.15) is 58.8 Å². The van der Waals surface area contributed by atoms with E-state index in [4.69, 9.17) is 5.73 Å². The number of nitrogens with two attached hydrogens (primary N) is 1. The Morgan fingerprint density at radius 2 is 1.63 bits per heavy atom. The Labute approximate surface area is 115 Å². The summed E-state index contributed by atoms with van der Waals surface area (Å²) >= 11 is 0. The molecule has 110 valence electrons. The SMILES string of the molecule is CC1(C)C2CCC(C3(CN)CCC(F)(F)CC3)C1C2. The van der Waals surface area contributed by atoms with E-state index in [1.54, 1.807) is 0 Å². The molecule has 0 saturated heterocycles. The van der Waals surface area contributed by atoms with Gasteiger partial charge in [-0.3, -0.25) is 0 Å². The molecule has 4 fully saturated rings. The molecule has 4 rings (SSSR count). The maximum absolute atomic E-state index is 13.5. The Hall–Kier alpha value is -0.180. The average Bonchev–Trinajstić information content (AvgIpc) is 2.39. The molecule has 19 heavy (non-hydrogen) atoms. The first-order valence-electron chi connectivity index (χ1n) is 7.89. The summed E-state index contributed by atoms with van der Waals surface area (Å²) in [5.74, 6) is -0.255. The van der Waals surface area contributed by atoms with E-state index in [2.05, 4.69) is 13.8 Å². The molecule has 4 aliphatic carbocycles. The summed E-state index contributed by atoms with van der Waals surface area (Å²) in [6, 6.07) is 0. The van der Waals surface area contributed by atoms with Gasteiger partial charge in [0, 0.05) is 12.8 Å². The van der Waals surface area contributed by atoms with Crippen LogP contribution in [0.15, 0.2) is 0 Å². The van der Waals surface area contributed by atoms with E-state index in [0.717, 1.165) is 11.8 Å². The van der Waals surface area contributed by atoms with E-state index in [9.17, 15) is 8.78 Å². The maximum Gasteiger partial charge on any atom is 0.248 e. The summed E-state index contributed by atoms with van der Waals surface area (Å²) in [6.45, 7) is 5.35. The smallest absolute Gasteiger partial charge is 0.248 e. The monoisotopic (exact) mass is 271 g/mol. The van der Waals surface area contributed by atoms with E-state index in [-0.39, 0.29) is 18.3 Å². The average molecular weight is 271 g/mol. The van der Waals surface area contributed by atoms with E-state index in [1.807, 2.05) is 0 Å². The van der Waals surface area contributed by atoms with Crippen molar-refractivity contribution in [2.75, 3.05) is 6.54 Å². The van der Waals surface area contributed by atoms with Crippen LogP contribution in [0, 0.1) is 28.6 Å². The molecule has 2 N–H and O–H groups in total. The molecule has 0 aromatic rings. The zero-order chi connectivity index (χ0) is 13.9. The summed E-state index contributed by atoms with van der Waals surface area (Å²) < 4.78 is 26.9. The minimum atomic E-state index is -2.44. The van der Waals surface area contributed by atoms with Crippen molar-refractivity contribution in [3.8, 4) is 0 Å². The van der Waals surface area contributed by atoms with Crippen molar-refractivity contribution in [2.45, 2.75) is 64.7 Å². The number of halogens is 2. The van der Waals surface area contributed by atoms with Gasteiger partial charge in [0.05, 0.1) is 0 Å². The van der Waals surface area contributed by atoms with Gasteiger partial charge in [-0.1, -0.05) is 13.8 Å². The third kappa shape index (κ3) is 1.95. The van der Waals surface area contributed by atoms with Crippen molar-refractivity contribution in [1.29, 1.82) is 0 Å². The van der Waals surface area contributed by atoms with E-state index in [1.165, 1.54) is 19.3 Å². The number of rotatable bonds is 2. The van der Waals surface area contributed by atoms with E-state index >= 15 is 0 Å². The third-order valence-electron chi connectivity index (χ3n) is 7.03. The maximum atomic E-state index is 13.5. The lowest BCUT2D eigenvalue weighted by Crippen LogP contribution is -2.59. The van der Waals surface area contributed by atoms with Crippen LogP contribution in [0.25, 0.3) is 0 Å². The molecule has 0 amide bonds. The Balaban J connectivity index is 1.79. The van der Waals surface area contributed by atoms with Crippen LogP contribution in [-0.2, 0) is 0 Å². The van der Waals surface area contributed by atoms with Gasteiger partial charge in [0.1, 0.15) is 0 Å². The van der Waals surface area contributed by atoms with E-state index < -0.39 is 5.92 Å². The topological polar surface area (TPSA) is 26.0 Å². The van der Waals surface area contributed by atoms with Crippen LogP contribution >= 0.6 is 0 Å². The minimum Gasteiger partial charge on any atom is -0.330 e. The highest BCUT2D eigenvalue weighted by Crippen LogP contribution is 2.66. The van der Waals surface area contributed by atoms with Gasteiger partial charge < -0.3 is 5.73 Å². The fraction of sp³-hybridized carbons (Fsp3) is 1.00. The second-order valence-corrected chi connectivity index (χ2v) is 7.97. The quantitative estimate of drug-likeness (QED) is 0.799. The summed E-state index contributed by atoms with van der Waals surface area (Å²) in [6.07, 6.45) is 5.20. The molecule has 0 aromatic heterocycles. The first-order chi connectivity index (χ1) is 8.81. The molecule has 0 aromatic carbocycles. The molecule has 0 radical (unpaired) electrons. The van der Waals surface area contributed by atoms with Crippen LogP contribution < -0.4 is 5.73 Å². The summed E-state index contributed by atoms with van der Waals surface area (Å²) in [4.78, 5) is 0. The van der Waals surface area contributed by atoms with Crippen molar-refractivity contribution in [2.24, 2.45) is 34.3 Å². The van der Waals surface area contributed by atoms with Crippen molar-refractivity contribution >= 4 is 0 Å². The highest BCUT2D eigenvalue weighted by atomic mass is 19.3. The molecule has 0 heterocycles. The molecule has 2 bridgehead atoms. The number of fused-ring (bicyclic) bond motifs is 2. The second kappa shape index (κ2) is 4.16. The van der Waals surface area contributed by atoms with Gasteiger partial charge in [0.2, 0.25) is 5.92 Å². The van der Waals surface area contributed by atoms with Gasteiger partial charge in [-0.2, -0.15) is 0 Å². The standard InChI is InChI=1S/C16H27F2N/c1-14(2)11-3-4-12(13(14)9-11)15(10-19)5-7-16(17,18)8-6-15/h11-13H,3-10,19H2,1-2H3. The van der Waals surface area contributed by atoms with Gasteiger partial charge in [-0.25, -0.2) is 8.78 Å². The van der Waals surface area contributed by atoms with Crippen molar-refractivity contribution in [3.63, 3.8) is 0 Å². The molecule has 3 unspecified atom stereocenters. The van der Waals surface area contributed by atoms with Crippen molar-refractivity contribution in [3.05, 3.63) is 0 Å². The molecule has 1 nitrogen and oxygen atoms in total. The van der Waals surface area contributed by atoms with E-state index in [0.29, 0.717) is 30.7 Å². The van der Waals surface area contributed by atoms with Gasteiger partial charge in [0.15, 0.2) is 0 Å². The lowest BCUT2D eigenvalue weighted by Gasteiger charge is -2.64. The molecular weight excluding hydrogens is 244 g/mol. The summed E-state index contributed by atoms with van der Waals surface area (Å²) in [5, 5.41) is 0.